The maximum absolute atomic E-state index is 13.0. The van der Waals surface area contributed by atoms with Gasteiger partial charge in [0.2, 0.25) is 29.5 Å². The molecule has 4 aliphatic rings. The number of rotatable bonds is 14. The normalized spacial score (nSPS) is 19.4. The number of hydrogen-bond acceptors (Lipinski definition) is 13. The minimum absolute atomic E-state index is 0.0143. The smallest absolute Gasteiger partial charge is 0.356 e. The maximum Gasteiger partial charge on any atom is 0.471 e. The number of Topliss-reactive ketones (excluding diaryl/α,β-unsaturated/α-hetero) is 1. The summed E-state index contributed by atoms with van der Waals surface area (Å²) in [6, 6.07) is -0.700. The predicted molar refractivity (Wildman–Crippen MR) is 183 cm³/mol. The van der Waals surface area contributed by atoms with Crippen molar-refractivity contribution in [3.63, 3.8) is 0 Å². The Bertz CT molecular complexity index is 1520. The lowest BCUT2D eigenvalue weighted by molar-refractivity contribution is -0.197. The molecule has 0 radical (unpaired) electrons. The van der Waals surface area contributed by atoms with Crippen molar-refractivity contribution < 1.29 is 59.9 Å². The molecular formula is C34H45F6N9O7. The average molecular weight is 806 g/mol. The Labute approximate surface area is 318 Å². The van der Waals surface area contributed by atoms with Crippen LogP contribution in [0.15, 0.2) is 0 Å². The van der Waals surface area contributed by atoms with E-state index in [1.165, 1.54) is 0 Å². The molecule has 0 aromatic carbocycles. The van der Waals surface area contributed by atoms with Crippen molar-refractivity contribution in [1.29, 1.82) is 0 Å². The summed E-state index contributed by atoms with van der Waals surface area (Å²) >= 11 is 0. The van der Waals surface area contributed by atoms with Gasteiger partial charge in [0.15, 0.2) is 0 Å². The summed E-state index contributed by atoms with van der Waals surface area (Å²) in [4.78, 5) is 95.4. The quantitative estimate of drug-likeness (QED) is 0.159. The number of carbonyl (C=O) groups is 6. The first-order valence-corrected chi connectivity index (χ1v) is 18.8. The molecule has 16 nitrogen and oxygen atoms in total. The number of alkyl halides is 6. The highest BCUT2D eigenvalue weighted by Gasteiger charge is 2.41. The molecule has 4 fully saturated rings. The van der Waals surface area contributed by atoms with Crippen LogP contribution in [-0.2, 0) is 33.6 Å². The molecule has 4 aliphatic heterocycles. The van der Waals surface area contributed by atoms with E-state index < -0.39 is 60.2 Å². The van der Waals surface area contributed by atoms with Crippen LogP contribution in [0.5, 0.6) is 0 Å². The molecular weight excluding hydrogens is 760 g/mol. The Morgan fingerprint density at radius 3 is 1.68 bits per heavy atom. The minimum Gasteiger partial charge on any atom is -0.356 e. The summed E-state index contributed by atoms with van der Waals surface area (Å²) in [5.41, 5.74) is 0. The summed E-state index contributed by atoms with van der Waals surface area (Å²) < 4.78 is 77.0. The molecule has 0 saturated carbocycles. The SMILES string of the molecule is O=C(CCCCCNC(=O)C1CCN(c2nc(N3CCC(CC(=O)C(F)(F)F)CC3)nc(N3CCC(NC(=O)C(F)(F)F)CC3)n2)CC1)ON1C(=O)CCC1=O. The lowest BCUT2D eigenvalue weighted by atomic mass is 9.92. The average Bonchev–Trinajstić information content (AvgIpc) is 3.48. The van der Waals surface area contributed by atoms with Gasteiger partial charge in [-0.2, -0.15) is 41.3 Å². The molecule has 5 heterocycles. The molecule has 310 valence electrons. The number of piperidine rings is 3. The highest BCUT2D eigenvalue weighted by Crippen LogP contribution is 2.31. The number of nitrogens with zero attached hydrogens (tertiary/aromatic N) is 7. The highest BCUT2D eigenvalue weighted by molar-refractivity contribution is 6.01. The van der Waals surface area contributed by atoms with Crippen LogP contribution in [0, 0.1) is 11.8 Å². The molecule has 2 N–H and O–H groups in total. The third kappa shape index (κ3) is 11.6. The molecule has 0 atom stereocenters. The van der Waals surface area contributed by atoms with Crippen LogP contribution in [0.2, 0.25) is 0 Å². The molecule has 1 aromatic rings. The van der Waals surface area contributed by atoms with Crippen molar-refractivity contribution in [2.45, 2.75) is 102 Å². The van der Waals surface area contributed by atoms with E-state index in [9.17, 15) is 55.1 Å². The molecule has 5 rings (SSSR count). The van der Waals surface area contributed by atoms with E-state index >= 15 is 0 Å². The van der Waals surface area contributed by atoms with Crippen LogP contribution >= 0.6 is 0 Å². The molecule has 1 aromatic heterocycles. The van der Waals surface area contributed by atoms with Crippen LogP contribution in [0.4, 0.5) is 44.2 Å². The zero-order chi connectivity index (χ0) is 40.6. The second-order valence-electron chi connectivity index (χ2n) is 14.4. The van der Waals surface area contributed by atoms with E-state index in [0.717, 1.165) is 0 Å². The summed E-state index contributed by atoms with van der Waals surface area (Å²) in [6.07, 6.45) is -6.84. The molecule has 22 heteroatoms. The first-order valence-electron chi connectivity index (χ1n) is 18.8. The van der Waals surface area contributed by atoms with E-state index in [-0.39, 0.29) is 82.0 Å². The van der Waals surface area contributed by atoms with Gasteiger partial charge in [-0.3, -0.25) is 24.0 Å². The summed E-state index contributed by atoms with van der Waals surface area (Å²) in [5.74, 6) is -5.58. The molecule has 0 aliphatic carbocycles. The minimum atomic E-state index is -5.00. The first kappa shape index (κ1) is 42.4. The fourth-order valence-electron chi connectivity index (χ4n) is 7.05. The Morgan fingerprint density at radius 2 is 1.18 bits per heavy atom. The summed E-state index contributed by atoms with van der Waals surface area (Å²) in [6.45, 7) is 2.26. The molecule has 4 saturated heterocycles. The summed E-state index contributed by atoms with van der Waals surface area (Å²) in [5, 5.41) is 5.44. The van der Waals surface area contributed by atoms with Crippen molar-refractivity contribution in [3.05, 3.63) is 0 Å². The fraction of sp³-hybridized carbons (Fsp3) is 0.735. The molecule has 0 unspecified atom stereocenters. The van der Waals surface area contributed by atoms with Crippen LogP contribution in [0.3, 0.4) is 0 Å². The van der Waals surface area contributed by atoms with Gasteiger partial charge in [0.25, 0.3) is 11.8 Å². The Kier molecular flexibility index (Phi) is 13.9. The van der Waals surface area contributed by atoms with E-state index in [2.05, 4.69) is 20.3 Å². The van der Waals surface area contributed by atoms with Crippen LogP contribution < -0.4 is 25.3 Å². The van der Waals surface area contributed by atoms with Crippen molar-refractivity contribution in [2.24, 2.45) is 11.8 Å². The molecule has 4 amide bonds. The van der Waals surface area contributed by atoms with Gasteiger partial charge in [0.1, 0.15) is 0 Å². The number of anilines is 3. The number of hydrogen-bond donors (Lipinski definition) is 2. The standard InChI is InChI=1S/C34H45F6N9O7/c35-33(36,37)24(50)20-21-7-14-46(15-8-21)30-43-31(45-32(44-30)48-18-11-23(12-19-48)42-29(55)34(38,39)40)47-16-9-22(10-17-47)28(54)41-13-3-1-2-4-27(53)56-49-25(51)5-6-26(49)52/h21-23H,1-20H2,(H,41,54)(H,42,55). The van der Waals surface area contributed by atoms with Crippen molar-refractivity contribution >= 4 is 53.2 Å². The number of halogens is 6. The van der Waals surface area contributed by atoms with Crippen LogP contribution in [0.25, 0.3) is 0 Å². The van der Waals surface area contributed by atoms with E-state index in [1.807, 2.05) is 10.2 Å². The van der Waals surface area contributed by atoms with Gasteiger partial charge in [0.05, 0.1) is 0 Å². The Morgan fingerprint density at radius 1 is 0.679 bits per heavy atom. The third-order valence-electron chi connectivity index (χ3n) is 10.4. The van der Waals surface area contributed by atoms with E-state index in [0.29, 0.717) is 75.6 Å². The number of aromatic nitrogens is 3. The zero-order valence-electron chi connectivity index (χ0n) is 30.6. The lowest BCUT2D eigenvalue weighted by Gasteiger charge is -2.36. The third-order valence-corrected chi connectivity index (χ3v) is 10.4. The largest absolute Gasteiger partial charge is 0.471 e. The lowest BCUT2D eigenvalue weighted by Crippen LogP contribution is -2.49. The second kappa shape index (κ2) is 18.4. The maximum atomic E-state index is 13.0. The Hall–Kier alpha value is -4.79. The number of carbonyl (C=O) groups excluding carboxylic acids is 6. The van der Waals surface area contributed by atoms with Gasteiger partial charge in [-0.25, -0.2) is 4.79 Å². The summed E-state index contributed by atoms with van der Waals surface area (Å²) in [7, 11) is 0. The molecule has 0 spiro atoms. The van der Waals surface area contributed by atoms with Crippen LogP contribution in [-0.4, -0.2) is 120 Å². The monoisotopic (exact) mass is 805 g/mol. The number of unbranched alkanes of at least 4 members (excludes halogenated alkanes) is 2. The van der Waals surface area contributed by atoms with Gasteiger partial charge in [-0.1, -0.05) is 6.42 Å². The number of nitrogens with one attached hydrogen (secondary N) is 2. The first-order chi connectivity index (χ1) is 26.5. The number of ketones is 1. The molecule has 56 heavy (non-hydrogen) atoms. The number of hydroxylamine groups is 2. The highest BCUT2D eigenvalue weighted by atomic mass is 19.4. The van der Waals surface area contributed by atoms with Gasteiger partial charge in [-0.15, -0.1) is 5.06 Å². The van der Waals surface area contributed by atoms with Gasteiger partial charge < -0.3 is 30.2 Å². The number of imide groups is 1. The van der Waals surface area contributed by atoms with Gasteiger partial charge in [-0.05, 0) is 57.3 Å². The van der Waals surface area contributed by atoms with Gasteiger partial charge >= 0.3 is 24.2 Å². The van der Waals surface area contributed by atoms with Crippen molar-refractivity contribution in [2.75, 3.05) is 60.5 Å². The number of amides is 4. The molecule has 0 bridgehead atoms. The zero-order valence-corrected chi connectivity index (χ0v) is 30.6. The Balaban J connectivity index is 1.13. The van der Waals surface area contributed by atoms with E-state index in [4.69, 9.17) is 4.84 Å². The van der Waals surface area contributed by atoms with Gasteiger partial charge in [0, 0.05) is 83.5 Å². The predicted octanol–water partition coefficient (Wildman–Crippen LogP) is 2.76. The van der Waals surface area contributed by atoms with Crippen LogP contribution in [0.1, 0.15) is 83.5 Å². The second-order valence-corrected chi connectivity index (χ2v) is 14.4. The van der Waals surface area contributed by atoms with Crippen molar-refractivity contribution in [3.8, 4) is 0 Å². The van der Waals surface area contributed by atoms with Crippen molar-refractivity contribution in [1.82, 2.24) is 30.6 Å². The van der Waals surface area contributed by atoms with E-state index in [1.54, 1.807) is 9.80 Å². The topological polar surface area (TPSA) is 187 Å². The fourth-order valence-corrected chi connectivity index (χ4v) is 7.05.